The van der Waals surface area contributed by atoms with Gasteiger partial charge in [0.1, 0.15) is 0 Å². The standard InChI is InChI=1S/C10H10.3C2H6/c1-2-6-9(5-1)10-7-3-4-8-10;3*1-2/h1-5,7H,6,8H2;3*1-2H3. The Kier molecular flexibility index (Phi) is 15.1. The van der Waals surface area contributed by atoms with Crippen LogP contribution < -0.4 is 0 Å². The van der Waals surface area contributed by atoms with Crippen LogP contribution in [0.5, 0.6) is 0 Å². The molecule has 0 bridgehead atoms. The summed E-state index contributed by atoms with van der Waals surface area (Å²) >= 11 is 0. The van der Waals surface area contributed by atoms with Gasteiger partial charge in [0, 0.05) is 0 Å². The molecule has 2 rings (SSSR count). The average molecular weight is 220 g/mol. The number of rotatable bonds is 1. The van der Waals surface area contributed by atoms with Crippen LogP contribution in [-0.2, 0) is 0 Å². The predicted octanol–water partition coefficient (Wildman–Crippen LogP) is 5.84. The minimum absolute atomic E-state index is 1.13. The van der Waals surface area contributed by atoms with Gasteiger partial charge in [0.15, 0.2) is 0 Å². The third-order valence-electron chi connectivity index (χ3n) is 1.95. The Morgan fingerprint density at radius 1 is 0.625 bits per heavy atom. The maximum atomic E-state index is 2.21. The van der Waals surface area contributed by atoms with E-state index in [0.717, 1.165) is 12.8 Å². The fourth-order valence-corrected chi connectivity index (χ4v) is 1.37. The molecule has 0 saturated heterocycles. The van der Waals surface area contributed by atoms with Crippen molar-refractivity contribution >= 4 is 0 Å². The van der Waals surface area contributed by atoms with Gasteiger partial charge in [-0.2, -0.15) is 0 Å². The second kappa shape index (κ2) is 14.0. The molecule has 0 spiro atoms. The van der Waals surface area contributed by atoms with Crippen molar-refractivity contribution in [2.75, 3.05) is 0 Å². The molecule has 0 nitrogen and oxygen atoms in total. The Balaban J connectivity index is 0. The van der Waals surface area contributed by atoms with E-state index in [1.165, 1.54) is 11.1 Å². The molecule has 0 N–H and O–H groups in total. The van der Waals surface area contributed by atoms with Crippen molar-refractivity contribution in [3.8, 4) is 0 Å². The molecule has 0 aliphatic heterocycles. The zero-order valence-corrected chi connectivity index (χ0v) is 11.9. The summed E-state index contributed by atoms with van der Waals surface area (Å²) in [6.07, 6.45) is 15.4. The Morgan fingerprint density at radius 2 is 0.938 bits per heavy atom. The van der Waals surface area contributed by atoms with E-state index >= 15 is 0 Å². The van der Waals surface area contributed by atoms with Gasteiger partial charge in [-0.25, -0.2) is 0 Å². The topological polar surface area (TPSA) is 0 Å². The molecule has 0 heteroatoms. The largest absolute Gasteiger partial charge is 0.0801 e. The highest BCUT2D eigenvalue weighted by Gasteiger charge is 2.05. The Bertz CT molecular complexity index is 221. The lowest BCUT2D eigenvalue weighted by atomic mass is 10.1. The van der Waals surface area contributed by atoms with Crippen LogP contribution in [0.3, 0.4) is 0 Å². The van der Waals surface area contributed by atoms with Gasteiger partial charge in [-0.3, -0.25) is 0 Å². The first-order valence-electron chi connectivity index (χ1n) is 6.68. The van der Waals surface area contributed by atoms with Crippen LogP contribution in [0.15, 0.2) is 47.6 Å². The molecule has 0 fully saturated rings. The molecule has 16 heavy (non-hydrogen) atoms. The lowest BCUT2D eigenvalue weighted by Gasteiger charge is -1.99. The van der Waals surface area contributed by atoms with Crippen LogP contribution in [0.4, 0.5) is 0 Å². The highest BCUT2D eigenvalue weighted by Crippen LogP contribution is 2.25. The van der Waals surface area contributed by atoms with Gasteiger partial charge in [0.2, 0.25) is 0 Å². The monoisotopic (exact) mass is 220 g/mol. The molecule has 0 saturated carbocycles. The maximum absolute atomic E-state index is 2.21. The predicted molar refractivity (Wildman–Crippen MR) is 77.7 cm³/mol. The fraction of sp³-hybridized carbons (Fsp3) is 0.500. The zero-order valence-electron chi connectivity index (χ0n) is 11.9. The molecule has 0 atom stereocenters. The van der Waals surface area contributed by atoms with Crippen molar-refractivity contribution in [2.45, 2.75) is 54.4 Å². The van der Waals surface area contributed by atoms with E-state index in [1.807, 2.05) is 41.5 Å². The summed E-state index contributed by atoms with van der Waals surface area (Å²) in [5.41, 5.74) is 2.98. The third-order valence-corrected chi connectivity index (χ3v) is 1.95. The van der Waals surface area contributed by atoms with Gasteiger partial charge in [0.25, 0.3) is 0 Å². The second-order valence-electron chi connectivity index (χ2n) is 2.65. The van der Waals surface area contributed by atoms with E-state index in [1.54, 1.807) is 0 Å². The first kappa shape index (κ1) is 17.4. The summed E-state index contributed by atoms with van der Waals surface area (Å²) in [6.45, 7) is 12.0. The van der Waals surface area contributed by atoms with Crippen molar-refractivity contribution in [3.05, 3.63) is 47.6 Å². The number of allylic oxidation sites excluding steroid dienone is 8. The molecule has 2 aliphatic rings. The van der Waals surface area contributed by atoms with Gasteiger partial charge >= 0.3 is 0 Å². The van der Waals surface area contributed by atoms with Crippen LogP contribution in [0.2, 0.25) is 0 Å². The third kappa shape index (κ3) is 6.44. The number of hydrogen-bond acceptors (Lipinski definition) is 0. The van der Waals surface area contributed by atoms with Crippen molar-refractivity contribution in [1.29, 1.82) is 0 Å². The molecule has 0 radical (unpaired) electrons. The lowest BCUT2D eigenvalue weighted by Crippen LogP contribution is -1.80. The van der Waals surface area contributed by atoms with Crippen molar-refractivity contribution in [3.63, 3.8) is 0 Å². The summed E-state index contributed by atoms with van der Waals surface area (Å²) in [5.74, 6) is 0. The van der Waals surface area contributed by atoms with Crippen LogP contribution in [0.25, 0.3) is 0 Å². The van der Waals surface area contributed by atoms with Gasteiger partial charge in [-0.05, 0) is 24.0 Å². The van der Waals surface area contributed by atoms with Gasteiger partial charge in [0.05, 0.1) is 0 Å². The van der Waals surface area contributed by atoms with Crippen LogP contribution in [0.1, 0.15) is 54.4 Å². The Morgan fingerprint density at radius 3 is 1.12 bits per heavy atom. The molecule has 0 unspecified atom stereocenters. The number of hydrogen-bond donors (Lipinski definition) is 0. The van der Waals surface area contributed by atoms with Gasteiger partial charge < -0.3 is 0 Å². The molecular weight excluding hydrogens is 192 g/mol. The summed E-state index contributed by atoms with van der Waals surface area (Å²) in [7, 11) is 0. The smallest absolute Gasteiger partial charge is 0.00915 e. The first-order chi connectivity index (χ1) is 7.97. The van der Waals surface area contributed by atoms with Crippen LogP contribution >= 0.6 is 0 Å². The van der Waals surface area contributed by atoms with E-state index in [2.05, 4.69) is 36.5 Å². The minimum Gasteiger partial charge on any atom is -0.0801 e. The van der Waals surface area contributed by atoms with Crippen molar-refractivity contribution in [2.24, 2.45) is 0 Å². The normalized spacial score (nSPS) is 14.6. The molecule has 0 aromatic carbocycles. The fourth-order valence-electron chi connectivity index (χ4n) is 1.37. The highest BCUT2D eigenvalue weighted by molar-refractivity contribution is 5.44. The van der Waals surface area contributed by atoms with Crippen LogP contribution in [-0.4, -0.2) is 0 Å². The van der Waals surface area contributed by atoms with Gasteiger partial charge in [-0.15, -0.1) is 0 Å². The summed E-state index contributed by atoms with van der Waals surface area (Å²) in [4.78, 5) is 0. The minimum atomic E-state index is 1.13. The molecule has 0 aromatic heterocycles. The van der Waals surface area contributed by atoms with E-state index in [9.17, 15) is 0 Å². The lowest BCUT2D eigenvalue weighted by molar-refractivity contribution is 1.18. The van der Waals surface area contributed by atoms with Crippen molar-refractivity contribution < 1.29 is 0 Å². The van der Waals surface area contributed by atoms with Gasteiger partial charge in [-0.1, -0.05) is 78.0 Å². The van der Waals surface area contributed by atoms with E-state index in [-0.39, 0.29) is 0 Å². The maximum Gasteiger partial charge on any atom is -0.00915 e. The molecular formula is C16H28. The Hall–Kier alpha value is -1.04. The molecule has 2 aliphatic carbocycles. The first-order valence-corrected chi connectivity index (χ1v) is 6.68. The highest BCUT2D eigenvalue weighted by atomic mass is 14.1. The SMILES string of the molecule is C1=CCC(C2=CC=CC2)=C1.CC.CC.CC. The van der Waals surface area contributed by atoms with E-state index in [4.69, 9.17) is 0 Å². The molecule has 0 aromatic rings. The second-order valence-corrected chi connectivity index (χ2v) is 2.65. The van der Waals surface area contributed by atoms with E-state index < -0.39 is 0 Å². The van der Waals surface area contributed by atoms with E-state index in [0.29, 0.717) is 0 Å². The Labute approximate surface area is 102 Å². The molecule has 0 heterocycles. The molecule has 92 valence electrons. The van der Waals surface area contributed by atoms with Crippen molar-refractivity contribution in [1.82, 2.24) is 0 Å². The summed E-state index contributed by atoms with van der Waals surface area (Å²) in [6, 6.07) is 0. The summed E-state index contributed by atoms with van der Waals surface area (Å²) in [5, 5.41) is 0. The molecule has 0 amide bonds. The average Bonchev–Trinajstić information content (AvgIpc) is 3.09. The zero-order chi connectivity index (χ0) is 12.8. The quantitative estimate of drug-likeness (QED) is 0.521. The van der Waals surface area contributed by atoms with Crippen LogP contribution in [0, 0.1) is 0 Å². The summed E-state index contributed by atoms with van der Waals surface area (Å²) < 4.78 is 0.